The number of carbonyl (C=O) groups is 1. The molecule has 24 heavy (non-hydrogen) atoms. The van der Waals surface area contributed by atoms with E-state index in [0.29, 0.717) is 15.8 Å². The maximum atomic E-state index is 12.2. The molecule has 2 aromatic heterocycles. The van der Waals surface area contributed by atoms with E-state index in [4.69, 9.17) is 11.6 Å². The summed E-state index contributed by atoms with van der Waals surface area (Å²) in [4.78, 5) is 16.7. The molecule has 1 N–H and O–H groups in total. The van der Waals surface area contributed by atoms with E-state index in [0.717, 1.165) is 22.6 Å². The van der Waals surface area contributed by atoms with Crippen molar-refractivity contribution in [3.63, 3.8) is 0 Å². The van der Waals surface area contributed by atoms with Crippen molar-refractivity contribution in [2.45, 2.75) is 27.2 Å². The lowest BCUT2D eigenvalue weighted by atomic mass is 10.2. The molecule has 0 unspecified atom stereocenters. The molecule has 0 saturated carbocycles. The van der Waals surface area contributed by atoms with Crippen LogP contribution in [0.2, 0.25) is 5.02 Å². The van der Waals surface area contributed by atoms with E-state index in [-0.39, 0.29) is 12.3 Å². The fraction of sp³-hybridized carbons (Fsp3) is 0.235. The second kappa shape index (κ2) is 6.75. The minimum atomic E-state index is -0.0937. The Hall–Kier alpha value is -2.18. The van der Waals surface area contributed by atoms with Crippen LogP contribution in [0.25, 0.3) is 5.13 Å². The zero-order valence-electron chi connectivity index (χ0n) is 13.6. The van der Waals surface area contributed by atoms with Gasteiger partial charge in [0.05, 0.1) is 28.5 Å². The van der Waals surface area contributed by atoms with Gasteiger partial charge in [-0.25, -0.2) is 9.67 Å². The number of anilines is 1. The van der Waals surface area contributed by atoms with Crippen molar-refractivity contribution in [2.75, 3.05) is 5.32 Å². The Morgan fingerprint density at radius 2 is 2.12 bits per heavy atom. The predicted octanol–water partition coefficient (Wildman–Crippen LogP) is 4.09. The summed E-state index contributed by atoms with van der Waals surface area (Å²) >= 11 is 7.61. The van der Waals surface area contributed by atoms with Crippen LogP contribution >= 0.6 is 22.9 Å². The molecule has 1 amide bonds. The van der Waals surface area contributed by atoms with Crippen molar-refractivity contribution in [1.29, 1.82) is 0 Å². The first-order chi connectivity index (χ1) is 11.4. The van der Waals surface area contributed by atoms with Gasteiger partial charge in [-0.3, -0.25) is 4.79 Å². The third kappa shape index (κ3) is 3.49. The monoisotopic (exact) mass is 360 g/mol. The summed E-state index contributed by atoms with van der Waals surface area (Å²) in [5.41, 5.74) is 4.22. The van der Waals surface area contributed by atoms with Crippen molar-refractivity contribution in [2.24, 2.45) is 0 Å². The van der Waals surface area contributed by atoms with Gasteiger partial charge >= 0.3 is 0 Å². The van der Waals surface area contributed by atoms with E-state index in [9.17, 15) is 4.79 Å². The highest BCUT2D eigenvalue weighted by Crippen LogP contribution is 2.24. The highest BCUT2D eigenvalue weighted by molar-refractivity contribution is 7.12. The van der Waals surface area contributed by atoms with E-state index in [1.807, 2.05) is 50.4 Å². The van der Waals surface area contributed by atoms with Gasteiger partial charge < -0.3 is 5.32 Å². The Morgan fingerprint density at radius 1 is 1.33 bits per heavy atom. The fourth-order valence-corrected chi connectivity index (χ4v) is 3.32. The third-order valence-corrected chi connectivity index (χ3v) is 4.98. The van der Waals surface area contributed by atoms with Crippen LogP contribution in [0.4, 0.5) is 5.69 Å². The summed E-state index contributed by atoms with van der Waals surface area (Å²) in [7, 11) is 0. The average Bonchev–Trinajstić information content (AvgIpc) is 3.07. The molecular formula is C17H17ClN4OS. The molecule has 3 aromatic rings. The molecule has 7 heteroatoms. The van der Waals surface area contributed by atoms with E-state index >= 15 is 0 Å². The van der Waals surface area contributed by atoms with Gasteiger partial charge in [-0.2, -0.15) is 5.10 Å². The molecule has 0 saturated heterocycles. The number of nitrogens with one attached hydrogen (secondary N) is 1. The third-order valence-electron chi connectivity index (χ3n) is 3.57. The molecule has 0 fully saturated rings. The van der Waals surface area contributed by atoms with E-state index < -0.39 is 0 Å². The number of aromatic nitrogens is 3. The number of aryl methyl sites for hydroxylation is 2. The van der Waals surface area contributed by atoms with Gasteiger partial charge in [0.15, 0.2) is 0 Å². The van der Waals surface area contributed by atoms with E-state index in [1.165, 1.54) is 11.3 Å². The molecular weight excluding hydrogens is 344 g/mol. The second-order valence-electron chi connectivity index (χ2n) is 5.61. The number of thiazole rings is 1. The van der Waals surface area contributed by atoms with Gasteiger partial charge in [-0.1, -0.05) is 23.7 Å². The summed E-state index contributed by atoms with van der Waals surface area (Å²) < 4.78 is 1.71. The molecule has 0 radical (unpaired) electrons. The summed E-state index contributed by atoms with van der Waals surface area (Å²) in [6.45, 7) is 5.74. The maximum absolute atomic E-state index is 12.2. The molecule has 0 aliphatic heterocycles. The zero-order valence-corrected chi connectivity index (χ0v) is 15.2. The molecule has 2 heterocycles. The standard InChI is InChI=1S/C17H17ClN4OS/c1-10-5-4-6-13(7-10)19-15(23)8-14-9-24-17(20-14)22-12(3)16(18)11(2)21-22/h4-7,9H,8H2,1-3H3,(H,19,23). The number of halogens is 1. The quantitative estimate of drug-likeness (QED) is 0.762. The van der Waals surface area contributed by atoms with Crippen LogP contribution in [0.3, 0.4) is 0 Å². The van der Waals surface area contributed by atoms with Crippen LogP contribution in [0.1, 0.15) is 22.6 Å². The number of benzene rings is 1. The number of carbonyl (C=O) groups excluding carboxylic acids is 1. The van der Waals surface area contributed by atoms with Crippen molar-refractivity contribution in [3.8, 4) is 5.13 Å². The lowest BCUT2D eigenvalue weighted by molar-refractivity contribution is -0.115. The lowest BCUT2D eigenvalue weighted by Gasteiger charge is -2.04. The summed E-state index contributed by atoms with van der Waals surface area (Å²) in [6, 6.07) is 7.71. The Morgan fingerprint density at radius 3 is 2.79 bits per heavy atom. The van der Waals surface area contributed by atoms with Crippen molar-refractivity contribution < 1.29 is 4.79 Å². The van der Waals surface area contributed by atoms with Crippen molar-refractivity contribution >= 4 is 34.5 Å². The Balaban J connectivity index is 1.72. The minimum Gasteiger partial charge on any atom is -0.326 e. The van der Waals surface area contributed by atoms with Crippen molar-refractivity contribution in [1.82, 2.24) is 14.8 Å². The van der Waals surface area contributed by atoms with Gasteiger partial charge in [0.25, 0.3) is 0 Å². The first-order valence-electron chi connectivity index (χ1n) is 7.47. The number of nitrogens with zero attached hydrogens (tertiary/aromatic N) is 3. The van der Waals surface area contributed by atoms with Crippen LogP contribution in [-0.4, -0.2) is 20.7 Å². The van der Waals surface area contributed by atoms with Crippen LogP contribution < -0.4 is 5.32 Å². The van der Waals surface area contributed by atoms with Gasteiger partial charge in [0.1, 0.15) is 0 Å². The Labute approximate surface area is 149 Å². The highest BCUT2D eigenvalue weighted by atomic mass is 35.5. The first-order valence-corrected chi connectivity index (χ1v) is 8.73. The predicted molar refractivity (Wildman–Crippen MR) is 97.2 cm³/mol. The van der Waals surface area contributed by atoms with Gasteiger partial charge in [0, 0.05) is 11.1 Å². The smallest absolute Gasteiger partial charge is 0.230 e. The van der Waals surface area contributed by atoms with Crippen LogP contribution in [0, 0.1) is 20.8 Å². The lowest BCUT2D eigenvalue weighted by Crippen LogP contribution is -2.14. The highest BCUT2D eigenvalue weighted by Gasteiger charge is 2.14. The molecule has 0 bridgehead atoms. The SMILES string of the molecule is Cc1cccc(NC(=O)Cc2csc(-n3nc(C)c(Cl)c3C)n2)c1. The first kappa shape index (κ1) is 16.7. The van der Waals surface area contributed by atoms with Gasteiger partial charge in [-0.15, -0.1) is 11.3 Å². The number of amides is 1. The molecule has 3 rings (SSSR count). The topological polar surface area (TPSA) is 59.8 Å². The summed E-state index contributed by atoms with van der Waals surface area (Å²) in [6.07, 6.45) is 0.220. The molecule has 0 spiro atoms. The van der Waals surface area contributed by atoms with E-state index in [1.54, 1.807) is 4.68 Å². The normalized spacial score (nSPS) is 10.8. The largest absolute Gasteiger partial charge is 0.326 e. The van der Waals surface area contributed by atoms with Gasteiger partial charge in [-0.05, 0) is 38.5 Å². The molecule has 1 aromatic carbocycles. The molecule has 0 atom stereocenters. The fourth-order valence-electron chi connectivity index (χ4n) is 2.38. The summed E-state index contributed by atoms with van der Waals surface area (Å²) in [5.74, 6) is -0.0937. The zero-order chi connectivity index (χ0) is 17.3. The average molecular weight is 361 g/mol. The maximum Gasteiger partial charge on any atom is 0.230 e. The molecule has 0 aliphatic carbocycles. The van der Waals surface area contributed by atoms with Gasteiger partial charge in [0.2, 0.25) is 11.0 Å². The van der Waals surface area contributed by atoms with Crippen LogP contribution in [0.15, 0.2) is 29.6 Å². The number of rotatable bonds is 4. The molecule has 124 valence electrons. The van der Waals surface area contributed by atoms with Crippen LogP contribution in [0.5, 0.6) is 0 Å². The minimum absolute atomic E-state index is 0.0937. The Bertz CT molecular complexity index is 900. The molecule has 0 aliphatic rings. The van der Waals surface area contributed by atoms with Crippen molar-refractivity contribution in [3.05, 3.63) is 57.3 Å². The number of hydrogen-bond acceptors (Lipinski definition) is 4. The molecule has 5 nitrogen and oxygen atoms in total. The number of hydrogen-bond donors (Lipinski definition) is 1. The summed E-state index contributed by atoms with van der Waals surface area (Å²) in [5, 5.41) is 10.5. The Kier molecular flexibility index (Phi) is 4.69. The van der Waals surface area contributed by atoms with E-state index in [2.05, 4.69) is 15.4 Å². The second-order valence-corrected chi connectivity index (χ2v) is 6.83. The van der Waals surface area contributed by atoms with Crippen LogP contribution in [-0.2, 0) is 11.2 Å².